The average molecular weight is 196 g/mol. The molecule has 14 heavy (non-hydrogen) atoms. The van der Waals surface area contributed by atoms with E-state index in [2.05, 4.69) is 5.32 Å². The summed E-state index contributed by atoms with van der Waals surface area (Å²) in [7, 11) is 3.92. The van der Waals surface area contributed by atoms with E-state index in [1.165, 1.54) is 0 Å². The number of carbonyl (C=O) groups is 1. The summed E-state index contributed by atoms with van der Waals surface area (Å²) in [5, 5.41) is 2.77. The Kier molecular flexibility index (Phi) is 3.71. The van der Waals surface area contributed by atoms with Crippen LogP contribution in [-0.4, -0.2) is 38.0 Å². The highest BCUT2D eigenvalue weighted by Crippen LogP contribution is 2.05. The van der Waals surface area contributed by atoms with Crippen LogP contribution in [0.3, 0.4) is 0 Å². The summed E-state index contributed by atoms with van der Waals surface area (Å²) >= 11 is 0. The maximum atomic E-state index is 11.4. The summed E-state index contributed by atoms with van der Waals surface area (Å²) in [6.07, 6.45) is 0. The van der Waals surface area contributed by atoms with Crippen molar-refractivity contribution in [3.8, 4) is 0 Å². The van der Waals surface area contributed by atoms with Crippen molar-refractivity contribution >= 4 is 5.91 Å². The first-order valence-corrected chi connectivity index (χ1v) is 4.59. The molecule has 0 saturated carbocycles. The van der Waals surface area contributed by atoms with Gasteiger partial charge in [0.2, 0.25) is 0 Å². The lowest BCUT2D eigenvalue weighted by Crippen LogP contribution is -2.31. The first kappa shape index (κ1) is 10.8. The Morgan fingerprint density at radius 2 is 2.21 bits per heavy atom. The number of nitrogens with zero attached hydrogens (tertiary/aromatic N) is 1. The van der Waals surface area contributed by atoms with Crippen molar-refractivity contribution in [1.29, 1.82) is 0 Å². The van der Waals surface area contributed by atoms with Gasteiger partial charge in [0.25, 0.3) is 5.91 Å². The number of likely N-dealkylation sites (N-methyl/N-ethyl adjacent to an activating group) is 1. The molecule has 0 unspecified atom stereocenters. The van der Waals surface area contributed by atoms with E-state index in [0.717, 1.165) is 12.3 Å². The van der Waals surface area contributed by atoms with Crippen LogP contribution < -0.4 is 5.32 Å². The van der Waals surface area contributed by atoms with Crippen molar-refractivity contribution in [2.24, 2.45) is 0 Å². The van der Waals surface area contributed by atoms with Gasteiger partial charge in [0.05, 0.1) is 0 Å². The standard InChI is InChI=1S/C10H16N2O2/c1-8-4-5-9(14-8)10(13)11-6-7-12(2)3/h4-5H,6-7H2,1-3H3,(H,11,13). The van der Waals surface area contributed by atoms with Crippen molar-refractivity contribution in [2.45, 2.75) is 6.92 Å². The predicted molar refractivity (Wildman–Crippen MR) is 54.3 cm³/mol. The molecule has 1 heterocycles. The molecule has 1 amide bonds. The summed E-state index contributed by atoms with van der Waals surface area (Å²) < 4.78 is 5.18. The van der Waals surface area contributed by atoms with Crippen molar-refractivity contribution < 1.29 is 9.21 Å². The molecule has 0 radical (unpaired) electrons. The van der Waals surface area contributed by atoms with Gasteiger partial charge >= 0.3 is 0 Å². The van der Waals surface area contributed by atoms with Crippen LogP contribution in [0.4, 0.5) is 0 Å². The van der Waals surface area contributed by atoms with E-state index >= 15 is 0 Å². The maximum absolute atomic E-state index is 11.4. The summed E-state index contributed by atoms with van der Waals surface area (Å²) in [4.78, 5) is 13.4. The Morgan fingerprint density at radius 1 is 1.50 bits per heavy atom. The zero-order valence-electron chi connectivity index (χ0n) is 8.83. The first-order chi connectivity index (χ1) is 6.59. The fraction of sp³-hybridized carbons (Fsp3) is 0.500. The van der Waals surface area contributed by atoms with Gasteiger partial charge in [0, 0.05) is 13.1 Å². The first-order valence-electron chi connectivity index (χ1n) is 4.59. The zero-order chi connectivity index (χ0) is 10.6. The maximum Gasteiger partial charge on any atom is 0.287 e. The van der Waals surface area contributed by atoms with Gasteiger partial charge in [-0.25, -0.2) is 0 Å². The number of hydrogen-bond donors (Lipinski definition) is 1. The van der Waals surface area contributed by atoms with Gasteiger partial charge in [-0.05, 0) is 33.2 Å². The second-order valence-corrected chi connectivity index (χ2v) is 3.47. The highest BCUT2D eigenvalue weighted by atomic mass is 16.3. The van der Waals surface area contributed by atoms with Crippen LogP contribution in [0.25, 0.3) is 0 Å². The van der Waals surface area contributed by atoms with Crippen LogP contribution in [-0.2, 0) is 0 Å². The number of furan rings is 1. The van der Waals surface area contributed by atoms with E-state index in [9.17, 15) is 4.79 Å². The van der Waals surface area contributed by atoms with E-state index in [-0.39, 0.29) is 5.91 Å². The summed E-state index contributed by atoms with van der Waals surface area (Å²) in [6.45, 7) is 3.27. The molecular weight excluding hydrogens is 180 g/mol. The predicted octanol–water partition coefficient (Wildman–Crippen LogP) is 0.879. The van der Waals surface area contributed by atoms with Crippen molar-refractivity contribution in [2.75, 3.05) is 27.2 Å². The molecule has 0 spiro atoms. The molecule has 4 nitrogen and oxygen atoms in total. The highest BCUT2D eigenvalue weighted by molar-refractivity contribution is 5.91. The van der Waals surface area contributed by atoms with E-state index in [1.807, 2.05) is 25.9 Å². The molecule has 0 atom stereocenters. The molecule has 4 heteroatoms. The largest absolute Gasteiger partial charge is 0.456 e. The minimum Gasteiger partial charge on any atom is -0.456 e. The Balaban J connectivity index is 2.36. The van der Waals surface area contributed by atoms with Crippen molar-refractivity contribution in [1.82, 2.24) is 10.2 Å². The Hall–Kier alpha value is -1.29. The molecule has 1 N–H and O–H groups in total. The molecule has 0 fully saturated rings. The lowest BCUT2D eigenvalue weighted by Gasteiger charge is -2.09. The van der Waals surface area contributed by atoms with Crippen LogP contribution in [0.2, 0.25) is 0 Å². The van der Waals surface area contributed by atoms with Gasteiger partial charge in [-0.2, -0.15) is 0 Å². The van der Waals surface area contributed by atoms with Gasteiger partial charge in [0.1, 0.15) is 5.76 Å². The van der Waals surface area contributed by atoms with Gasteiger partial charge in [-0.15, -0.1) is 0 Å². The Labute approximate surface area is 83.9 Å². The molecule has 1 rings (SSSR count). The van der Waals surface area contributed by atoms with E-state index in [0.29, 0.717) is 12.3 Å². The SMILES string of the molecule is Cc1ccc(C(=O)NCCN(C)C)o1. The number of carbonyl (C=O) groups excluding carboxylic acids is 1. The number of hydrogen-bond acceptors (Lipinski definition) is 3. The number of rotatable bonds is 4. The minimum atomic E-state index is -0.153. The Bertz CT molecular complexity index is 305. The number of nitrogens with one attached hydrogen (secondary N) is 1. The smallest absolute Gasteiger partial charge is 0.287 e. The molecule has 78 valence electrons. The molecule has 0 aliphatic carbocycles. The van der Waals surface area contributed by atoms with Crippen molar-refractivity contribution in [3.05, 3.63) is 23.7 Å². The highest BCUT2D eigenvalue weighted by Gasteiger charge is 2.08. The van der Waals surface area contributed by atoms with Crippen LogP contribution in [0.15, 0.2) is 16.5 Å². The molecule has 0 bridgehead atoms. The van der Waals surface area contributed by atoms with Gasteiger partial charge in [-0.1, -0.05) is 0 Å². The average Bonchev–Trinajstić information content (AvgIpc) is 2.51. The lowest BCUT2D eigenvalue weighted by atomic mass is 10.4. The van der Waals surface area contributed by atoms with Crippen LogP contribution in [0, 0.1) is 6.92 Å². The van der Waals surface area contributed by atoms with Crippen LogP contribution in [0.5, 0.6) is 0 Å². The fourth-order valence-corrected chi connectivity index (χ4v) is 1.04. The second-order valence-electron chi connectivity index (χ2n) is 3.47. The lowest BCUT2D eigenvalue weighted by molar-refractivity contribution is 0.0922. The molecule has 1 aromatic rings. The monoisotopic (exact) mass is 196 g/mol. The molecular formula is C10H16N2O2. The fourth-order valence-electron chi connectivity index (χ4n) is 1.04. The molecule has 0 aromatic carbocycles. The third kappa shape index (κ3) is 3.22. The quantitative estimate of drug-likeness (QED) is 0.777. The van der Waals surface area contributed by atoms with E-state index in [1.54, 1.807) is 12.1 Å². The second kappa shape index (κ2) is 4.81. The number of aryl methyl sites for hydroxylation is 1. The topological polar surface area (TPSA) is 45.5 Å². The van der Waals surface area contributed by atoms with Crippen LogP contribution in [0.1, 0.15) is 16.3 Å². The van der Waals surface area contributed by atoms with Gasteiger partial charge < -0.3 is 14.6 Å². The minimum absolute atomic E-state index is 0.153. The summed E-state index contributed by atoms with van der Waals surface area (Å²) in [6, 6.07) is 3.46. The van der Waals surface area contributed by atoms with Gasteiger partial charge in [-0.3, -0.25) is 4.79 Å². The van der Waals surface area contributed by atoms with Gasteiger partial charge in [0.15, 0.2) is 5.76 Å². The number of amides is 1. The molecule has 0 saturated heterocycles. The van der Waals surface area contributed by atoms with E-state index in [4.69, 9.17) is 4.42 Å². The molecule has 0 aliphatic heterocycles. The van der Waals surface area contributed by atoms with Crippen molar-refractivity contribution in [3.63, 3.8) is 0 Å². The Morgan fingerprint density at radius 3 is 2.71 bits per heavy atom. The summed E-state index contributed by atoms with van der Waals surface area (Å²) in [5.41, 5.74) is 0. The third-order valence-corrected chi connectivity index (χ3v) is 1.81. The third-order valence-electron chi connectivity index (χ3n) is 1.81. The van der Waals surface area contributed by atoms with E-state index < -0.39 is 0 Å². The zero-order valence-corrected chi connectivity index (χ0v) is 8.83. The molecule has 0 aliphatic rings. The van der Waals surface area contributed by atoms with Crippen LogP contribution >= 0.6 is 0 Å². The summed E-state index contributed by atoms with van der Waals surface area (Å²) in [5.74, 6) is 0.976. The molecule has 1 aromatic heterocycles. The normalized spacial score (nSPS) is 10.6.